The van der Waals surface area contributed by atoms with Crippen molar-refractivity contribution < 1.29 is 9.21 Å². The standard InChI is InChI=1S/C18H14N4O2S/c1-22-14-4-2-3-5-16(14)25-18(22)21-20-17(23)13-8-6-12(7-9-13)15-10-19-11-24-15/h2-11H,1H3,(H,20,23)/b21-18+. The van der Waals surface area contributed by atoms with E-state index in [9.17, 15) is 4.79 Å². The number of aromatic nitrogens is 2. The SMILES string of the molecule is Cn1/c(=N\NC(=O)c2ccc(-c3cnco3)cc2)sc2ccccc21. The van der Waals surface area contributed by atoms with Gasteiger partial charge in [0.1, 0.15) is 0 Å². The van der Waals surface area contributed by atoms with Crippen LogP contribution in [-0.4, -0.2) is 15.5 Å². The topological polar surface area (TPSA) is 72.4 Å². The van der Waals surface area contributed by atoms with Gasteiger partial charge in [-0.2, -0.15) is 0 Å². The number of nitrogens with zero attached hydrogens (tertiary/aromatic N) is 3. The van der Waals surface area contributed by atoms with Gasteiger partial charge in [0.2, 0.25) is 4.80 Å². The van der Waals surface area contributed by atoms with E-state index in [-0.39, 0.29) is 5.91 Å². The lowest BCUT2D eigenvalue weighted by Gasteiger charge is -2.01. The van der Waals surface area contributed by atoms with Crippen molar-refractivity contribution in [3.05, 3.63) is 71.5 Å². The average Bonchev–Trinajstić information content (AvgIpc) is 3.29. The van der Waals surface area contributed by atoms with E-state index in [1.807, 2.05) is 48.0 Å². The molecule has 25 heavy (non-hydrogen) atoms. The number of aryl methyl sites for hydroxylation is 1. The highest BCUT2D eigenvalue weighted by molar-refractivity contribution is 7.16. The molecule has 2 aromatic heterocycles. The van der Waals surface area contributed by atoms with Crippen LogP contribution in [0.5, 0.6) is 0 Å². The maximum absolute atomic E-state index is 12.3. The summed E-state index contributed by atoms with van der Waals surface area (Å²) < 4.78 is 8.31. The number of rotatable bonds is 3. The number of fused-ring (bicyclic) bond motifs is 1. The molecule has 1 N–H and O–H groups in total. The molecule has 124 valence electrons. The molecule has 6 nitrogen and oxygen atoms in total. The monoisotopic (exact) mass is 350 g/mol. The number of nitrogens with one attached hydrogen (secondary N) is 1. The van der Waals surface area contributed by atoms with E-state index in [1.54, 1.807) is 18.3 Å². The molecule has 0 aliphatic heterocycles. The quantitative estimate of drug-likeness (QED) is 0.577. The fourth-order valence-corrected chi connectivity index (χ4v) is 3.48. The fourth-order valence-electron chi connectivity index (χ4n) is 2.50. The molecule has 4 aromatic rings. The first-order valence-corrected chi connectivity index (χ1v) is 8.41. The molecule has 0 aliphatic carbocycles. The van der Waals surface area contributed by atoms with E-state index < -0.39 is 0 Å². The van der Waals surface area contributed by atoms with Crippen LogP contribution >= 0.6 is 11.3 Å². The molecule has 0 unspecified atom stereocenters. The van der Waals surface area contributed by atoms with Gasteiger partial charge in [-0.15, -0.1) is 5.10 Å². The van der Waals surface area contributed by atoms with Gasteiger partial charge in [0.15, 0.2) is 12.2 Å². The fraction of sp³-hybridized carbons (Fsp3) is 0.0556. The second-order valence-corrected chi connectivity index (χ2v) is 6.42. The summed E-state index contributed by atoms with van der Waals surface area (Å²) in [5.74, 6) is 0.399. The third kappa shape index (κ3) is 2.97. The zero-order chi connectivity index (χ0) is 17.2. The van der Waals surface area contributed by atoms with E-state index in [4.69, 9.17) is 4.42 Å². The van der Waals surface area contributed by atoms with Crippen molar-refractivity contribution in [1.82, 2.24) is 15.0 Å². The van der Waals surface area contributed by atoms with Crippen LogP contribution in [0.1, 0.15) is 10.4 Å². The van der Waals surface area contributed by atoms with E-state index in [0.717, 1.165) is 20.6 Å². The molecule has 1 amide bonds. The van der Waals surface area contributed by atoms with Gasteiger partial charge in [0, 0.05) is 18.2 Å². The Morgan fingerprint density at radius 1 is 1.20 bits per heavy atom. The maximum atomic E-state index is 12.3. The van der Waals surface area contributed by atoms with Gasteiger partial charge in [-0.25, -0.2) is 10.4 Å². The van der Waals surface area contributed by atoms with Crippen molar-refractivity contribution in [2.24, 2.45) is 12.1 Å². The van der Waals surface area contributed by atoms with Crippen LogP contribution in [-0.2, 0) is 7.05 Å². The number of para-hydroxylation sites is 1. The van der Waals surface area contributed by atoms with E-state index >= 15 is 0 Å². The van der Waals surface area contributed by atoms with Crippen LogP contribution < -0.4 is 10.2 Å². The summed E-state index contributed by atoms with van der Waals surface area (Å²) in [6.07, 6.45) is 3.01. The van der Waals surface area contributed by atoms with E-state index in [1.165, 1.54) is 17.7 Å². The van der Waals surface area contributed by atoms with Crippen LogP contribution in [0.25, 0.3) is 21.5 Å². The second kappa shape index (κ2) is 6.37. The Balaban J connectivity index is 1.56. The number of hydrogen-bond acceptors (Lipinski definition) is 5. The van der Waals surface area contributed by atoms with Crippen molar-refractivity contribution in [2.45, 2.75) is 0 Å². The summed E-state index contributed by atoms with van der Waals surface area (Å²) in [6.45, 7) is 0. The van der Waals surface area contributed by atoms with Crippen molar-refractivity contribution in [3.63, 3.8) is 0 Å². The first-order chi connectivity index (χ1) is 12.2. The predicted octanol–water partition coefficient (Wildman–Crippen LogP) is 3.14. The molecule has 0 saturated heterocycles. The largest absolute Gasteiger partial charge is 0.444 e. The molecule has 0 saturated carbocycles. The lowest BCUT2D eigenvalue weighted by Crippen LogP contribution is -2.23. The molecular formula is C18H14N4O2S. The van der Waals surface area contributed by atoms with Crippen LogP contribution in [0.15, 0.2) is 70.6 Å². The first kappa shape index (κ1) is 15.3. The molecule has 0 bridgehead atoms. The van der Waals surface area contributed by atoms with Crippen molar-refractivity contribution in [2.75, 3.05) is 0 Å². The number of carbonyl (C=O) groups is 1. The van der Waals surface area contributed by atoms with Gasteiger partial charge in [-0.05, 0) is 24.3 Å². The zero-order valence-electron chi connectivity index (χ0n) is 13.3. The third-order valence-electron chi connectivity index (χ3n) is 3.83. The number of thiazole rings is 1. The second-order valence-electron chi connectivity index (χ2n) is 5.41. The van der Waals surface area contributed by atoms with Gasteiger partial charge in [0.05, 0.1) is 16.4 Å². The summed E-state index contributed by atoms with van der Waals surface area (Å²) >= 11 is 1.52. The van der Waals surface area contributed by atoms with Gasteiger partial charge >= 0.3 is 0 Å². The molecule has 4 rings (SSSR count). The lowest BCUT2D eigenvalue weighted by atomic mass is 10.1. The highest BCUT2D eigenvalue weighted by Gasteiger charge is 2.07. The minimum atomic E-state index is -0.262. The Labute approximate surface area is 147 Å². The average molecular weight is 350 g/mol. The normalized spacial score (nSPS) is 11.8. The molecule has 7 heteroatoms. The van der Waals surface area contributed by atoms with E-state index in [2.05, 4.69) is 15.5 Å². The van der Waals surface area contributed by atoms with Crippen molar-refractivity contribution in [1.29, 1.82) is 0 Å². The molecule has 0 fully saturated rings. The third-order valence-corrected chi connectivity index (χ3v) is 4.94. The molecule has 0 spiro atoms. The summed E-state index contributed by atoms with van der Waals surface area (Å²) in [5, 5.41) is 4.25. The summed E-state index contributed by atoms with van der Waals surface area (Å²) in [5.41, 5.74) is 5.08. The molecule has 2 heterocycles. The maximum Gasteiger partial charge on any atom is 0.271 e. The van der Waals surface area contributed by atoms with Crippen LogP contribution in [0.3, 0.4) is 0 Å². The zero-order valence-corrected chi connectivity index (χ0v) is 14.2. The van der Waals surface area contributed by atoms with Crippen molar-refractivity contribution in [3.8, 4) is 11.3 Å². The predicted molar refractivity (Wildman–Crippen MR) is 95.8 cm³/mol. The van der Waals surface area contributed by atoms with Gasteiger partial charge in [0.25, 0.3) is 5.91 Å². The number of carbonyl (C=O) groups excluding carboxylic acids is 1. The summed E-state index contributed by atoms with van der Waals surface area (Å²) in [7, 11) is 1.93. The van der Waals surface area contributed by atoms with Crippen molar-refractivity contribution >= 4 is 27.5 Å². The molecule has 2 aromatic carbocycles. The Kier molecular flexibility index (Phi) is 3.91. The van der Waals surface area contributed by atoms with Gasteiger partial charge in [-0.3, -0.25) is 4.79 Å². The molecule has 0 aliphatic rings. The molecular weight excluding hydrogens is 336 g/mol. The number of benzene rings is 2. The lowest BCUT2D eigenvalue weighted by molar-refractivity contribution is 0.0953. The highest BCUT2D eigenvalue weighted by Crippen LogP contribution is 2.19. The Morgan fingerprint density at radius 2 is 2.00 bits per heavy atom. The Hall–Kier alpha value is -3.19. The minimum absolute atomic E-state index is 0.262. The Morgan fingerprint density at radius 3 is 2.72 bits per heavy atom. The highest BCUT2D eigenvalue weighted by atomic mass is 32.1. The number of hydrogen-bond donors (Lipinski definition) is 1. The minimum Gasteiger partial charge on any atom is -0.444 e. The van der Waals surface area contributed by atoms with Crippen LogP contribution in [0.4, 0.5) is 0 Å². The first-order valence-electron chi connectivity index (χ1n) is 7.60. The Bertz CT molecular complexity index is 1090. The summed E-state index contributed by atoms with van der Waals surface area (Å²) in [4.78, 5) is 16.9. The van der Waals surface area contributed by atoms with Gasteiger partial charge < -0.3 is 8.98 Å². The summed E-state index contributed by atoms with van der Waals surface area (Å²) in [6, 6.07) is 15.1. The molecule has 0 atom stereocenters. The number of amides is 1. The smallest absolute Gasteiger partial charge is 0.271 e. The molecule has 0 radical (unpaired) electrons. The van der Waals surface area contributed by atoms with E-state index in [0.29, 0.717) is 11.3 Å². The van der Waals surface area contributed by atoms with Gasteiger partial charge in [-0.1, -0.05) is 35.6 Å². The van der Waals surface area contributed by atoms with Crippen LogP contribution in [0.2, 0.25) is 0 Å². The van der Waals surface area contributed by atoms with Crippen LogP contribution in [0, 0.1) is 0 Å². The number of oxazole rings is 1.